The predicted octanol–water partition coefficient (Wildman–Crippen LogP) is 3.44. The highest BCUT2D eigenvalue weighted by atomic mass is 16.6. The van der Waals surface area contributed by atoms with Crippen LogP contribution in [0.3, 0.4) is 0 Å². The van der Waals surface area contributed by atoms with Gasteiger partial charge in [0.1, 0.15) is 0 Å². The van der Waals surface area contributed by atoms with Gasteiger partial charge in [-0.2, -0.15) is 4.98 Å². The lowest BCUT2D eigenvalue weighted by Gasteiger charge is -2.15. The van der Waals surface area contributed by atoms with Gasteiger partial charge in [0.05, 0.1) is 5.92 Å². The summed E-state index contributed by atoms with van der Waals surface area (Å²) in [6, 6.07) is 7.85. The first-order chi connectivity index (χ1) is 10.7. The van der Waals surface area contributed by atoms with Crippen molar-refractivity contribution >= 4 is 5.97 Å². The van der Waals surface area contributed by atoms with Gasteiger partial charge in [0, 0.05) is 5.56 Å². The van der Waals surface area contributed by atoms with Crippen molar-refractivity contribution in [3.63, 3.8) is 0 Å². The molecule has 114 valence electrons. The van der Waals surface area contributed by atoms with Crippen LogP contribution < -0.4 is 0 Å². The Morgan fingerprint density at radius 1 is 1.32 bits per heavy atom. The summed E-state index contributed by atoms with van der Waals surface area (Å²) in [6.45, 7) is 2.04. The molecule has 0 fully saturated rings. The SMILES string of the molecule is Cc1ccc(-c2noc(COC(=O)C3CC=CCC3)n2)cc1. The molecule has 0 saturated carbocycles. The molecule has 3 rings (SSSR count). The maximum Gasteiger partial charge on any atom is 0.309 e. The maximum absolute atomic E-state index is 11.9. The third kappa shape index (κ3) is 3.42. The van der Waals surface area contributed by atoms with Crippen LogP contribution in [0.25, 0.3) is 11.4 Å². The number of allylic oxidation sites excluding steroid dienone is 2. The van der Waals surface area contributed by atoms with E-state index in [0.29, 0.717) is 11.7 Å². The molecule has 1 atom stereocenters. The number of hydrogen-bond donors (Lipinski definition) is 0. The van der Waals surface area contributed by atoms with Crippen LogP contribution in [-0.4, -0.2) is 16.1 Å². The van der Waals surface area contributed by atoms with Gasteiger partial charge in [-0.15, -0.1) is 0 Å². The van der Waals surface area contributed by atoms with E-state index in [1.807, 2.05) is 37.3 Å². The van der Waals surface area contributed by atoms with Gasteiger partial charge in [-0.3, -0.25) is 4.79 Å². The van der Waals surface area contributed by atoms with Crippen LogP contribution in [-0.2, 0) is 16.1 Å². The minimum absolute atomic E-state index is 0.0257. The second-order valence-electron chi connectivity index (χ2n) is 5.47. The summed E-state index contributed by atoms with van der Waals surface area (Å²) >= 11 is 0. The van der Waals surface area contributed by atoms with Crippen LogP contribution in [0.5, 0.6) is 0 Å². The van der Waals surface area contributed by atoms with Crippen LogP contribution in [0.2, 0.25) is 0 Å². The maximum atomic E-state index is 11.9. The van der Waals surface area contributed by atoms with Crippen molar-refractivity contribution in [2.75, 3.05) is 0 Å². The summed E-state index contributed by atoms with van der Waals surface area (Å²) < 4.78 is 10.4. The third-order valence-electron chi connectivity index (χ3n) is 3.72. The largest absolute Gasteiger partial charge is 0.455 e. The number of esters is 1. The van der Waals surface area contributed by atoms with E-state index in [4.69, 9.17) is 9.26 Å². The van der Waals surface area contributed by atoms with Gasteiger partial charge in [-0.25, -0.2) is 0 Å². The zero-order valence-electron chi connectivity index (χ0n) is 12.5. The van der Waals surface area contributed by atoms with Crippen LogP contribution in [0.1, 0.15) is 30.7 Å². The van der Waals surface area contributed by atoms with E-state index in [9.17, 15) is 4.79 Å². The highest BCUT2D eigenvalue weighted by Crippen LogP contribution is 2.20. The van der Waals surface area contributed by atoms with E-state index in [2.05, 4.69) is 16.2 Å². The minimum atomic E-state index is -0.195. The molecule has 0 saturated heterocycles. The Hall–Kier alpha value is -2.43. The molecule has 0 N–H and O–H groups in total. The molecular formula is C17H18N2O3. The molecule has 1 heterocycles. The Kier molecular flexibility index (Phi) is 4.32. The van der Waals surface area contributed by atoms with E-state index in [-0.39, 0.29) is 18.5 Å². The molecule has 0 aliphatic heterocycles. The predicted molar refractivity (Wildman–Crippen MR) is 80.7 cm³/mol. The third-order valence-corrected chi connectivity index (χ3v) is 3.72. The molecule has 0 amide bonds. The molecule has 22 heavy (non-hydrogen) atoms. The molecule has 2 aromatic rings. The number of carbonyl (C=O) groups excluding carboxylic acids is 1. The van der Waals surface area contributed by atoms with Gasteiger partial charge in [0.15, 0.2) is 6.61 Å². The zero-order valence-corrected chi connectivity index (χ0v) is 12.5. The summed E-state index contributed by atoms with van der Waals surface area (Å²) in [4.78, 5) is 16.2. The molecule has 5 nitrogen and oxygen atoms in total. The summed E-state index contributed by atoms with van der Waals surface area (Å²) in [5.41, 5.74) is 2.05. The number of hydrogen-bond acceptors (Lipinski definition) is 5. The monoisotopic (exact) mass is 298 g/mol. The van der Waals surface area contributed by atoms with Crippen molar-refractivity contribution < 1.29 is 14.1 Å². The van der Waals surface area contributed by atoms with Gasteiger partial charge < -0.3 is 9.26 Å². The first-order valence-electron chi connectivity index (χ1n) is 7.43. The zero-order chi connectivity index (χ0) is 15.4. The van der Waals surface area contributed by atoms with Crippen LogP contribution in [0.4, 0.5) is 0 Å². The lowest BCUT2D eigenvalue weighted by atomic mass is 9.95. The van der Waals surface area contributed by atoms with E-state index in [1.165, 1.54) is 5.56 Å². The Morgan fingerprint density at radius 3 is 2.86 bits per heavy atom. The lowest BCUT2D eigenvalue weighted by molar-refractivity contribution is -0.150. The number of carbonyl (C=O) groups is 1. The van der Waals surface area contributed by atoms with Crippen molar-refractivity contribution in [2.24, 2.45) is 5.92 Å². The van der Waals surface area contributed by atoms with Crippen molar-refractivity contribution in [3.05, 3.63) is 47.9 Å². The fourth-order valence-corrected chi connectivity index (χ4v) is 2.39. The highest BCUT2D eigenvalue weighted by molar-refractivity contribution is 5.72. The quantitative estimate of drug-likeness (QED) is 0.639. The minimum Gasteiger partial charge on any atom is -0.455 e. The summed E-state index contributed by atoms with van der Waals surface area (Å²) in [5.74, 6) is 0.575. The number of ether oxygens (including phenoxy) is 1. The van der Waals surface area contributed by atoms with Gasteiger partial charge in [0.2, 0.25) is 5.82 Å². The van der Waals surface area contributed by atoms with E-state index < -0.39 is 0 Å². The second-order valence-corrected chi connectivity index (χ2v) is 5.47. The molecule has 5 heteroatoms. The van der Waals surface area contributed by atoms with E-state index >= 15 is 0 Å². The number of nitrogens with zero attached hydrogens (tertiary/aromatic N) is 2. The smallest absolute Gasteiger partial charge is 0.309 e. The Morgan fingerprint density at radius 2 is 2.14 bits per heavy atom. The van der Waals surface area contributed by atoms with Crippen molar-refractivity contribution in [1.82, 2.24) is 10.1 Å². The van der Waals surface area contributed by atoms with Crippen LogP contribution >= 0.6 is 0 Å². The lowest BCUT2D eigenvalue weighted by Crippen LogP contribution is -2.18. The van der Waals surface area contributed by atoms with Gasteiger partial charge >= 0.3 is 5.97 Å². The molecule has 1 aliphatic rings. The van der Waals surface area contributed by atoms with Crippen molar-refractivity contribution in [1.29, 1.82) is 0 Å². The van der Waals surface area contributed by atoms with Crippen LogP contribution in [0.15, 0.2) is 40.9 Å². The first-order valence-corrected chi connectivity index (χ1v) is 7.43. The fraction of sp³-hybridized carbons (Fsp3) is 0.353. The number of rotatable bonds is 4. The molecular weight excluding hydrogens is 280 g/mol. The Bertz CT molecular complexity index is 673. The standard InChI is InChI=1S/C17H18N2O3/c1-12-7-9-13(10-8-12)16-18-15(22-19-16)11-21-17(20)14-5-3-2-4-6-14/h2-3,7-10,14H,4-6,11H2,1H3. The van der Waals surface area contributed by atoms with Gasteiger partial charge in [-0.1, -0.05) is 47.1 Å². The molecule has 1 aromatic carbocycles. The summed E-state index contributed by atoms with van der Waals surface area (Å²) in [6.07, 6.45) is 6.64. The first kappa shape index (κ1) is 14.5. The molecule has 0 bridgehead atoms. The normalized spacial score (nSPS) is 17.4. The molecule has 1 aromatic heterocycles. The van der Waals surface area contributed by atoms with Crippen molar-refractivity contribution in [2.45, 2.75) is 32.8 Å². The molecule has 1 aliphatic carbocycles. The average molecular weight is 298 g/mol. The Labute approximate surface area is 129 Å². The van der Waals surface area contributed by atoms with E-state index in [1.54, 1.807) is 0 Å². The summed E-state index contributed by atoms with van der Waals surface area (Å²) in [7, 11) is 0. The Balaban J connectivity index is 1.58. The highest BCUT2D eigenvalue weighted by Gasteiger charge is 2.21. The van der Waals surface area contributed by atoms with E-state index in [0.717, 1.165) is 24.8 Å². The average Bonchev–Trinajstić information content (AvgIpc) is 3.03. The van der Waals surface area contributed by atoms with Crippen molar-refractivity contribution in [3.8, 4) is 11.4 Å². The summed E-state index contributed by atoms with van der Waals surface area (Å²) in [5, 5.41) is 3.92. The number of benzene rings is 1. The molecule has 1 unspecified atom stereocenters. The molecule has 0 radical (unpaired) electrons. The molecule has 0 spiro atoms. The van der Waals surface area contributed by atoms with Crippen LogP contribution in [0, 0.1) is 12.8 Å². The fourth-order valence-electron chi connectivity index (χ4n) is 2.39. The van der Waals surface area contributed by atoms with Gasteiger partial charge in [0.25, 0.3) is 5.89 Å². The van der Waals surface area contributed by atoms with Gasteiger partial charge in [-0.05, 0) is 26.2 Å². The topological polar surface area (TPSA) is 65.2 Å². The number of aromatic nitrogens is 2. The number of aryl methyl sites for hydroxylation is 1. The second kappa shape index (κ2) is 6.56.